The van der Waals surface area contributed by atoms with Gasteiger partial charge in [-0.15, -0.1) is 0 Å². The highest BCUT2D eigenvalue weighted by molar-refractivity contribution is 5.76. The van der Waals surface area contributed by atoms with Crippen molar-refractivity contribution in [2.75, 3.05) is 53.9 Å². The smallest absolute Gasteiger partial charge is 0.223 e. The molecule has 0 aromatic carbocycles. The summed E-state index contributed by atoms with van der Waals surface area (Å²) in [5.41, 5.74) is 0. The Balaban J connectivity index is 2.25. The van der Waals surface area contributed by atoms with E-state index in [1.165, 1.54) is 25.9 Å². The predicted octanol–water partition coefficient (Wildman–Crippen LogP) is 0.859. The Morgan fingerprint density at radius 2 is 1.90 bits per heavy atom. The van der Waals surface area contributed by atoms with E-state index >= 15 is 0 Å². The minimum atomic E-state index is 0.236. The molecule has 21 heavy (non-hydrogen) atoms. The van der Waals surface area contributed by atoms with E-state index in [0.717, 1.165) is 19.6 Å². The van der Waals surface area contributed by atoms with Crippen molar-refractivity contribution in [1.82, 2.24) is 20.0 Å². The van der Waals surface area contributed by atoms with Crippen molar-refractivity contribution < 1.29 is 4.79 Å². The molecule has 1 aliphatic heterocycles. The molecule has 0 saturated carbocycles. The van der Waals surface area contributed by atoms with Crippen LogP contribution in [0.15, 0.2) is 0 Å². The van der Waals surface area contributed by atoms with Gasteiger partial charge in [0.2, 0.25) is 5.91 Å². The van der Waals surface area contributed by atoms with Gasteiger partial charge in [-0.05, 0) is 53.5 Å². The number of hydrogen-bond donors (Lipinski definition) is 1. The van der Waals surface area contributed by atoms with Gasteiger partial charge in [0.25, 0.3) is 0 Å². The van der Waals surface area contributed by atoms with Crippen LogP contribution >= 0.6 is 0 Å². The fourth-order valence-corrected chi connectivity index (χ4v) is 2.89. The van der Waals surface area contributed by atoms with Crippen LogP contribution < -0.4 is 5.32 Å². The van der Waals surface area contributed by atoms with E-state index in [9.17, 15) is 4.79 Å². The van der Waals surface area contributed by atoms with Crippen LogP contribution in [-0.2, 0) is 4.79 Å². The van der Waals surface area contributed by atoms with Gasteiger partial charge in [-0.2, -0.15) is 0 Å². The van der Waals surface area contributed by atoms with Crippen molar-refractivity contribution in [3.8, 4) is 0 Å². The molecule has 0 radical (unpaired) electrons. The lowest BCUT2D eigenvalue weighted by Gasteiger charge is -2.35. The van der Waals surface area contributed by atoms with Gasteiger partial charge in [-0.1, -0.05) is 6.92 Å². The minimum Gasteiger partial charge on any atom is -0.344 e. The van der Waals surface area contributed by atoms with Crippen LogP contribution in [0.25, 0.3) is 0 Å². The average Bonchev–Trinajstić information content (AvgIpc) is 2.45. The van der Waals surface area contributed by atoms with Gasteiger partial charge >= 0.3 is 0 Å². The lowest BCUT2D eigenvalue weighted by molar-refractivity contribution is -0.130. The quantitative estimate of drug-likeness (QED) is 0.721. The minimum absolute atomic E-state index is 0.236. The number of likely N-dealkylation sites (N-methyl/N-ethyl adjacent to an activating group) is 2. The van der Waals surface area contributed by atoms with E-state index in [4.69, 9.17) is 0 Å². The van der Waals surface area contributed by atoms with E-state index < -0.39 is 0 Å². The monoisotopic (exact) mass is 298 g/mol. The summed E-state index contributed by atoms with van der Waals surface area (Å²) in [6, 6.07) is 0.932. The summed E-state index contributed by atoms with van der Waals surface area (Å²) in [6.45, 7) is 9.21. The summed E-state index contributed by atoms with van der Waals surface area (Å²) >= 11 is 0. The summed E-state index contributed by atoms with van der Waals surface area (Å²) in [5.74, 6) is 0.236. The van der Waals surface area contributed by atoms with Gasteiger partial charge in [0.05, 0.1) is 0 Å². The number of nitrogens with zero attached hydrogens (tertiary/aromatic N) is 3. The van der Waals surface area contributed by atoms with E-state index in [0.29, 0.717) is 12.5 Å². The molecule has 1 saturated heterocycles. The van der Waals surface area contributed by atoms with Crippen molar-refractivity contribution in [2.45, 2.75) is 45.2 Å². The first-order valence-corrected chi connectivity index (χ1v) is 8.30. The molecule has 1 amide bonds. The summed E-state index contributed by atoms with van der Waals surface area (Å²) in [5, 5.41) is 3.29. The number of rotatable bonds is 8. The first-order valence-electron chi connectivity index (χ1n) is 8.30. The van der Waals surface area contributed by atoms with Crippen molar-refractivity contribution in [3.05, 3.63) is 0 Å². The number of nitrogens with one attached hydrogen (secondary N) is 1. The highest BCUT2D eigenvalue weighted by atomic mass is 16.2. The first kappa shape index (κ1) is 18.4. The van der Waals surface area contributed by atoms with E-state index in [1.54, 1.807) is 0 Å². The molecule has 1 N–H and O–H groups in total. The zero-order valence-electron chi connectivity index (χ0n) is 14.6. The van der Waals surface area contributed by atoms with Crippen molar-refractivity contribution in [1.29, 1.82) is 0 Å². The Morgan fingerprint density at radius 1 is 1.29 bits per heavy atom. The summed E-state index contributed by atoms with van der Waals surface area (Å²) in [6.07, 6.45) is 3.06. The van der Waals surface area contributed by atoms with Gasteiger partial charge in [0, 0.05) is 38.6 Å². The van der Waals surface area contributed by atoms with Gasteiger partial charge in [0.15, 0.2) is 0 Å². The molecule has 5 heteroatoms. The number of carbonyl (C=O) groups is 1. The Labute approximate surface area is 130 Å². The molecule has 0 aromatic heterocycles. The maximum absolute atomic E-state index is 12.1. The molecule has 124 valence electrons. The largest absolute Gasteiger partial charge is 0.344 e. The molecule has 0 aromatic rings. The highest BCUT2D eigenvalue weighted by Gasteiger charge is 2.21. The average molecular weight is 298 g/mol. The molecule has 1 atom stereocenters. The molecule has 0 aliphatic carbocycles. The number of hydrogen-bond acceptors (Lipinski definition) is 4. The third-order valence-electron chi connectivity index (χ3n) is 4.56. The fraction of sp³-hybridized carbons (Fsp3) is 0.938. The Bertz CT molecular complexity index is 303. The number of likely N-dealkylation sites (tertiary alicyclic amines) is 1. The van der Waals surface area contributed by atoms with Gasteiger partial charge in [-0.25, -0.2) is 0 Å². The van der Waals surface area contributed by atoms with E-state index in [-0.39, 0.29) is 11.9 Å². The van der Waals surface area contributed by atoms with Gasteiger partial charge in [0.1, 0.15) is 0 Å². The third-order valence-corrected chi connectivity index (χ3v) is 4.56. The predicted molar refractivity (Wildman–Crippen MR) is 88.5 cm³/mol. The normalized spacial score (nSPS) is 19.0. The van der Waals surface area contributed by atoms with Crippen molar-refractivity contribution in [2.24, 2.45) is 0 Å². The summed E-state index contributed by atoms with van der Waals surface area (Å²) in [7, 11) is 6.30. The van der Waals surface area contributed by atoms with Crippen LogP contribution in [0.4, 0.5) is 0 Å². The number of piperidine rings is 1. The molecule has 5 nitrogen and oxygen atoms in total. The topological polar surface area (TPSA) is 38.8 Å². The van der Waals surface area contributed by atoms with Crippen LogP contribution in [0.1, 0.15) is 33.1 Å². The zero-order valence-corrected chi connectivity index (χ0v) is 14.6. The Morgan fingerprint density at radius 3 is 2.48 bits per heavy atom. The van der Waals surface area contributed by atoms with Crippen LogP contribution in [-0.4, -0.2) is 86.6 Å². The second kappa shape index (κ2) is 9.38. The van der Waals surface area contributed by atoms with Crippen LogP contribution in [0, 0.1) is 0 Å². The standard InChI is InChI=1S/C16H34N4O/c1-6-17-14(2)13-16(21)20(5)12-11-19(4)15-7-9-18(3)10-8-15/h14-15,17H,6-13H2,1-5H3. The van der Waals surface area contributed by atoms with E-state index in [1.807, 2.05) is 11.9 Å². The lowest BCUT2D eigenvalue weighted by Crippen LogP contribution is -2.45. The van der Waals surface area contributed by atoms with Crippen molar-refractivity contribution >= 4 is 5.91 Å². The second-order valence-electron chi connectivity index (χ2n) is 6.49. The molecule has 0 bridgehead atoms. The molecular weight excluding hydrogens is 264 g/mol. The molecular formula is C16H34N4O. The fourth-order valence-electron chi connectivity index (χ4n) is 2.89. The zero-order chi connectivity index (χ0) is 15.8. The van der Waals surface area contributed by atoms with Gasteiger partial charge in [-0.3, -0.25) is 4.79 Å². The summed E-state index contributed by atoms with van der Waals surface area (Å²) < 4.78 is 0. The van der Waals surface area contributed by atoms with E-state index in [2.05, 4.69) is 43.1 Å². The molecule has 1 fully saturated rings. The number of amides is 1. The molecule has 0 spiro atoms. The highest BCUT2D eigenvalue weighted by Crippen LogP contribution is 2.13. The Hall–Kier alpha value is -0.650. The first-order chi connectivity index (χ1) is 9.93. The third kappa shape index (κ3) is 6.76. The second-order valence-corrected chi connectivity index (χ2v) is 6.49. The van der Waals surface area contributed by atoms with Gasteiger partial charge < -0.3 is 20.0 Å². The maximum atomic E-state index is 12.1. The molecule has 1 heterocycles. The number of carbonyl (C=O) groups excluding carboxylic acids is 1. The molecule has 1 aliphatic rings. The molecule has 1 unspecified atom stereocenters. The van der Waals surface area contributed by atoms with Crippen LogP contribution in [0.3, 0.4) is 0 Å². The van der Waals surface area contributed by atoms with Crippen LogP contribution in [0.2, 0.25) is 0 Å². The van der Waals surface area contributed by atoms with Crippen LogP contribution in [0.5, 0.6) is 0 Å². The lowest BCUT2D eigenvalue weighted by atomic mass is 10.0. The Kier molecular flexibility index (Phi) is 8.22. The molecule has 1 rings (SSSR count). The van der Waals surface area contributed by atoms with Crippen molar-refractivity contribution in [3.63, 3.8) is 0 Å². The summed E-state index contributed by atoms with van der Waals surface area (Å²) in [4.78, 5) is 18.8. The maximum Gasteiger partial charge on any atom is 0.223 e. The SMILES string of the molecule is CCNC(C)CC(=O)N(C)CCN(C)C1CCN(C)CC1.